The molecule has 3 nitrogen and oxygen atoms in total. The Morgan fingerprint density at radius 2 is 1.84 bits per heavy atom. The van der Waals surface area contributed by atoms with Gasteiger partial charge < -0.3 is 10.1 Å². The van der Waals surface area contributed by atoms with Gasteiger partial charge in [-0.05, 0) is 42.8 Å². The molecule has 0 fully saturated rings. The second-order valence-corrected chi connectivity index (χ2v) is 4.34. The molecule has 0 radical (unpaired) electrons. The van der Waals surface area contributed by atoms with Crippen LogP contribution in [0.25, 0.3) is 0 Å². The Labute approximate surface area is 117 Å². The minimum absolute atomic E-state index is 0.0541. The summed E-state index contributed by atoms with van der Waals surface area (Å²) in [4.78, 5) is 11.1. The van der Waals surface area contributed by atoms with E-state index >= 15 is 0 Å². The van der Waals surface area contributed by atoms with Crippen LogP contribution in [0, 0.1) is 6.92 Å². The topological polar surface area (TPSA) is 38.3 Å². The number of carbonyl (C=O) groups excluding carboxylic acids is 1. The highest BCUT2D eigenvalue weighted by Gasteiger charge is 2.02. The molecule has 0 aliphatic carbocycles. The van der Waals surface area contributed by atoms with E-state index in [1.54, 1.807) is 24.3 Å². The Balaban J connectivity index is 2.07. The summed E-state index contributed by atoms with van der Waals surface area (Å²) in [7, 11) is 0. The fourth-order valence-electron chi connectivity index (χ4n) is 1.60. The van der Waals surface area contributed by atoms with Crippen molar-refractivity contribution in [3.8, 4) is 11.5 Å². The summed E-state index contributed by atoms with van der Waals surface area (Å²) in [6.07, 6.45) is 0. The lowest BCUT2D eigenvalue weighted by Crippen LogP contribution is -2.12. The van der Waals surface area contributed by atoms with E-state index in [1.807, 2.05) is 31.2 Å². The van der Waals surface area contributed by atoms with Gasteiger partial charge in [0.1, 0.15) is 17.4 Å². The van der Waals surface area contributed by atoms with Gasteiger partial charge in [0.2, 0.25) is 5.91 Å². The van der Waals surface area contributed by atoms with Gasteiger partial charge in [-0.1, -0.05) is 18.2 Å². The number of hydrogen-bond acceptors (Lipinski definition) is 2. The molecule has 0 saturated heterocycles. The molecular formula is C15H14ClNO2. The number of ether oxygens (including phenoxy) is 1. The molecule has 0 heterocycles. The monoisotopic (exact) mass is 275 g/mol. The van der Waals surface area contributed by atoms with Crippen molar-refractivity contribution in [1.82, 2.24) is 0 Å². The lowest BCUT2D eigenvalue weighted by atomic mass is 10.2. The van der Waals surface area contributed by atoms with Crippen molar-refractivity contribution in [1.29, 1.82) is 0 Å². The van der Waals surface area contributed by atoms with Crippen molar-refractivity contribution in [3.63, 3.8) is 0 Å². The zero-order valence-corrected chi connectivity index (χ0v) is 11.3. The van der Waals surface area contributed by atoms with Gasteiger partial charge in [-0.3, -0.25) is 4.79 Å². The largest absolute Gasteiger partial charge is 0.457 e. The maximum absolute atomic E-state index is 11.1. The minimum Gasteiger partial charge on any atom is -0.457 e. The number of benzene rings is 2. The van der Waals surface area contributed by atoms with Gasteiger partial charge in [0.15, 0.2) is 0 Å². The number of hydrogen-bond donors (Lipinski definition) is 1. The fourth-order valence-corrected chi connectivity index (χ4v) is 1.67. The van der Waals surface area contributed by atoms with E-state index in [0.717, 1.165) is 17.1 Å². The number of nitrogens with one attached hydrogen (secondary N) is 1. The van der Waals surface area contributed by atoms with Crippen molar-refractivity contribution in [2.75, 3.05) is 11.2 Å². The normalized spacial score (nSPS) is 10.0. The highest BCUT2D eigenvalue weighted by Crippen LogP contribution is 2.25. The molecule has 0 atom stereocenters. The van der Waals surface area contributed by atoms with Crippen LogP contribution >= 0.6 is 11.6 Å². The zero-order valence-electron chi connectivity index (χ0n) is 10.5. The van der Waals surface area contributed by atoms with E-state index in [4.69, 9.17) is 16.3 Å². The summed E-state index contributed by atoms with van der Waals surface area (Å²) in [5.74, 6) is 1.26. The summed E-state index contributed by atoms with van der Waals surface area (Å²) in [6, 6.07) is 15.0. The van der Waals surface area contributed by atoms with E-state index in [-0.39, 0.29) is 11.8 Å². The second-order valence-electron chi connectivity index (χ2n) is 4.07. The van der Waals surface area contributed by atoms with E-state index in [1.165, 1.54) is 0 Å². The van der Waals surface area contributed by atoms with Crippen LogP contribution in [-0.2, 0) is 4.79 Å². The Morgan fingerprint density at radius 1 is 1.16 bits per heavy atom. The Hall–Kier alpha value is -2.00. The zero-order chi connectivity index (χ0) is 13.7. The number of aryl methyl sites for hydroxylation is 1. The van der Waals surface area contributed by atoms with Crippen molar-refractivity contribution in [3.05, 3.63) is 54.1 Å². The van der Waals surface area contributed by atoms with E-state index in [9.17, 15) is 4.79 Å². The molecule has 0 unspecified atom stereocenters. The van der Waals surface area contributed by atoms with Crippen LogP contribution < -0.4 is 10.1 Å². The molecular weight excluding hydrogens is 262 g/mol. The predicted molar refractivity (Wildman–Crippen MR) is 77.0 cm³/mol. The smallest absolute Gasteiger partial charge is 0.239 e. The lowest BCUT2D eigenvalue weighted by Gasteiger charge is -2.09. The summed E-state index contributed by atoms with van der Waals surface area (Å²) in [5, 5.41) is 2.67. The number of anilines is 1. The van der Waals surface area contributed by atoms with Crippen molar-refractivity contribution >= 4 is 23.2 Å². The highest BCUT2D eigenvalue weighted by atomic mass is 35.5. The van der Waals surface area contributed by atoms with Gasteiger partial charge in [0, 0.05) is 5.69 Å². The number of carbonyl (C=O) groups is 1. The second kappa shape index (κ2) is 6.25. The number of halogens is 1. The first kappa shape index (κ1) is 13.4. The maximum atomic E-state index is 11.1. The van der Waals surface area contributed by atoms with Crippen molar-refractivity contribution < 1.29 is 9.53 Å². The average molecular weight is 276 g/mol. The van der Waals surface area contributed by atoms with Gasteiger partial charge in [-0.2, -0.15) is 0 Å². The molecule has 2 aromatic rings. The number of amides is 1. The molecule has 1 N–H and O–H groups in total. The molecule has 2 rings (SSSR count). The first-order chi connectivity index (χ1) is 9.19. The Bertz CT molecular complexity index is 567. The number of para-hydroxylation sites is 1. The standard InChI is InChI=1S/C15H14ClNO2/c1-11-4-2-3-5-14(11)19-13-8-6-12(7-9-13)17-15(18)10-16/h2-9H,10H2,1H3,(H,17,18). The molecule has 0 aliphatic rings. The van der Waals surface area contributed by atoms with Crippen LogP contribution in [0.2, 0.25) is 0 Å². The Morgan fingerprint density at radius 3 is 2.47 bits per heavy atom. The fraction of sp³-hybridized carbons (Fsp3) is 0.133. The van der Waals surface area contributed by atoms with Crippen LogP contribution in [0.4, 0.5) is 5.69 Å². The van der Waals surface area contributed by atoms with Crippen LogP contribution in [-0.4, -0.2) is 11.8 Å². The van der Waals surface area contributed by atoms with Gasteiger partial charge in [-0.25, -0.2) is 0 Å². The summed E-state index contributed by atoms with van der Waals surface area (Å²) >= 11 is 5.42. The third-order valence-corrected chi connectivity index (χ3v) is 2.82. The third-order valence-electron chi connectivity index (χ3n) is 2.58. The van der Waals surface area contributed by atoms with Gasteiger partial charge in [-0.15, -0.1) is 11.6 Å². The van der Waals surface area contributed by atoms with Gasteiger partial charge >= 0.3 is 0 Å². The average Bonchev–Trinajstić information content (AvgIpc) is 2.43. The molecule has 0 bridgehead atoms. The van der Waals surface area contributed by atoms with Crippen LogP contribution in [0.15, 0.2) is 48.5 Å². The highest BCUT2D eigenvalue weighted by molar-refractivity contribution is 6.29. The molecule has 19 heavy (non-hydrogen) atoms. The maximum Gasteiger partial charge on any atom is 0.239 e. The third kappa shape index (κ3) is 3.73. The lowest BCUT2D eigenvalue weighted by molar-refractivity contribution is -0.113. The summed E-state index contributed by atoms with van der Waals surface area (Å²) < 4.78 is 5.76. The van der Waals surface area contributed by atoms with Crippen LogP contribution in [0.1, 0.15) is 5.56 Å². The SMILES string of the molecule is Cc1ccccc1Oc1ccc(NC(=O)CCl)cc1. The molecule has 0 aliphatic heterocycles. The van der Waals surface area contributed by atoms with Crippen molar-refractivity contribution in [2.45, 2.75) is 6.92 Å². The van der Waals surface area contributed by atoms with E-state index < -0.39 is 0 Å². The first-order valence-corrected chi connectivity index (χ1v) is 6.42. The van der Waals surface area contributed by atoms with Gasteiger partial charge in [0.25, 0.3) is 0 Å². The summed E-state index contributed by atoms with van der Waals surface area (Å²) in [6.45, 7) is 1.99. The van der Waals surface area contributed by atoms with Gasteiger partial charge in [0.05, 0.1) is 0 Å². The van der Waals surface area contributed by atoms with E-state index in [0.29, 0.717) is 5.69 Å². The number of rotatable bonds is 4. The van der Waals surface area contributed by atoms with Crippen LogP contribution in [0.5, 0.6) is 11.5 Å². The predicted octanol–water partition coefficient (Wildman–Crippen LogP) is 3.96. The molecule has 2 aromatic carbocycles. The Kier molecular flexibility index (Phi) is 4.42. The molecule has 1 amide bonds. The molecule has 98 valence electrons. The van der Waals surface area contributed by atoms with E-state index in [2.05, 4.69) is 5.32 Å². The van der Waals surface area contributed by atoms with Crippen molar-refractivity contribution in [2.24, 2.45) is 0 Å². The quantitative estimate of drug-likeness (QED) is 0.858. The minimum atomic E-state index is -0.228. The first-order valence-electron chi connectivity index (χ1n) is 5.88. The number of alkyl halides is 1. The molecule has 0 aromatic heterocycles. The molecule has 0 saturated carbocycles. The molecule has 0 spiro atoms. The molecule has 4 heteroatoms. The van der Waals surface area contributed by atoms with Crippen LogP contribution in [0.3, 0.4) is 0 Å². The summed E-state index contributed by atoms with van der Waals surface area (Å²) in [5.41, 5.74) is 1.77.